The van der Waals surface area contributed by atoms with Gasteiger partial charge in [-0.2, -0.15) is 0 Å². The second-order valence-corrected chi connectivity index (χ2v) is 8.29. The number of rotatable bonds is 8. The number of hydrogen-bond donors (Lipinski definition) is 1. The van der Waals surface area contributed by atoms with Crippen molar-refractivity contribution in [2.45, 2.75) is 31.3 Å². The van der Waals surface area contributed by atoms with Crippen LogP contribution >= 0.6 is 0 Å². The van der Waals surface area contributed by atoms with Gasteiger partial charge in [-0.25, -0.2) is 4.39 Å². The van der Waals surface area contributed by atoms with Crippen LogP contribution in [0.1, 0.15) is 40.8 Å². The highest BCUT2D eigenvalue weighted by Gasteiger charge is 2.36. The van der Waals surface area contributed by atoms with Gasteiger partial charge in [-0.1, -0.05) is 42.5 Å². The Balaban J connectivity index is 1.76. The predicted molar refractivity (Wildman–Crippen MR) is 126 cm³/mol. The van der Waals surface area contributed by atoms with E-state index in [0.717, 1.165) is 28.7 Å². The third kappa shape index (κ3) is 4.86. The first-order valence-electron chi connectivity index (χ1n) is 11.1. The van der Waals surface area contributed by atoms with Gasteiger partial charge in [0.15, 0.2) is 11.5 Å². The fraction of sp³-hybridized carbons (Fsp3) is 0.296. The molecule has 0 fully saturated rings. The third-order valence-corrected chi connectivity index (χ3v) is 6.36. The molecular formula is C27H29FN2O3. The van der Waals surface area contributed by atoms with Crippen molar-refractivity contribution in [3.05, 3.63) is 94.8 Å². The number of fused-ring (bicyclic) bond motifs is 1. The van der Waals surface area contributed by atoms with Gasteiger partial charge in [0, 0.05) is 12.6 Å². The molecule has 1 amide bonds. The van der Waals surface area contributed by atoms with E-state index in [4.69, 9.17) is 15.2 Å². The van der Waals surface area contributed by atoms with E-state index >= 15 is 0 Å². The van der Waals surface area contributed by atoms with Crippen LogP contribution < -0.4 is 15.2 Å². The van der Waals surface area contributed by atoms with E-state index in [9.17, 15) is 9.18 Å². The Bertz CT molecular complexity index is 1120. The number of amides is 1. The van der Waals surface area contributed by atoms with Crippen molar-refractivity contribution in [3.8, 4) is 11.5 Å². The Labute approximate surface area is 193 Å². The zero-order valence-electron chi connectivity index (χ0n) is 19.0. The van der Waals surface area contributed by atoms with Crippen LogP contribution in [0.5, 0.6) is 11.5 Å². The maximum atomic E-state index is 13.8. The summed E-state index contributed by atoms with van der Waals surface area (Å²) >= 11 is 0. The number of halogens is 1. The first kappa shape index (κ1) is 22.8. The van der Waals surface area contributed by atoms with E-state index in [-0.39, 0.29) is 17.8 Å². The zero-order valence-corrected chi connectivity index (χ0v) is 19.0. The summed E-state index contributed by atoms with van der Waals surface area (Å²) in [6, 6.07) is 19.6. The number of benzene rings is 3. The minimum absolute atomic E-state index is 0.102. The van der Waals surface area contributed by atoms with Crippen molar-refractivity contribution in [2.24, 2.45) is 5.73 Å². The number of aryl methyl sites for hydroxylation is 1. The maximum Gasteiger partial charge on any atom is 0.239 e. The predicted octanol–water partition coefficient (Wildman–Crippen LogP) is 4.60. The van der Waals surface area contributed by atoms with Gasteiger partial charge in [0.1, 0.15) is 11.9 Å². The van der Waals surface area contributed by atoms with Crippen LogP contribution in [0.4, 0.5) is 4.39 Å². The Hall–Kier alpha value is -3.38. The molecule has 1 aliphatic heterocycles. The molecule has 0 aromatic heterocycles. The molecular weight excluding hydrogens is 419 g/mol. The second kappa shape index (κ2) is 10.0. The molecule has 33 heavy (non-hydrogen) atoms. The summed E-state index contributed by atoms with van der Waals surface area (Å²) in [7, 11) is 3.24. The minimum Gasteiger partial charge on any atom is -0.493 e. The van der Waals surface area contributed by atoms with Crippen molar-refractivity contribution < 1.29 is 18.7 Å². The molecule has 0 aliphatic carbocycles. The summed E-state index contributed by atoms with van der Waals surface area (Å²) in [6.07, 6.45) is 2.11. The van der Waals surface area contributed by atoms with E-state index in [0.29, 0.717) is 30.9 Å². The van der Waals surface area contributed by atoms with E-state index in [1.807, 2.05) is 48.5 Å². The number of nitrogens with zero attached hydrogens (tertiary/aromatic N) is 1. The highest BCUT2D eigenvalue weighted by Crippen LogP contribution is 2.43. The van der Waals surface area contributed by atoms with Gasteiger partial charge < -0.3 is 15.2 Å². The van der Waals surface area contributed by atoms with Gasteiger partial charge in [0.25, 0.3) is 0 Å². The quantitative estimate of drug-likeness (QED) is 0.547. The molecule has 172 valence electrons. The van der Waals surface area contributed by atoms with Crippen LogP contribution in [0.3, 0.4) is 0 Å². The lowest BCUT2D eigenvalue weighted by Crippen LogP contribution is -2.44. The first-order chi connectivity index (χ1) is 16.0. The smallest absolute Gasteiger partial charge is 0.239 e. The third-order valence-electron chi connectivity index (χ3n) is 6.36. The van der Waals surface area contributed by atoms with Crippen LogP contribution in [0.2, 0.25) is 0 Å². The molecule has 1 unspecified atom stereocenters. The topological polar surface area (TPSA) is 64.8 Å². The zero-order chi connectivity index (χ0) is 23.4. The Morgan fingerprint density at radius 2 is 1.79 bits per heavy atom. The lowest BCUT2D eigenvalue weighted by Gasteiger charge is -2.41. The Kier molecular flexibility index (Phi) is 6.94. The van der Waals surface area contributed by atoms with Crippen LogP contribution in [-0.2, 0) is 17.6 Å². The summed E-state index contributed by atoms with van der Waals surface area (Å²) in [6.45, 7) is 0.665. The molecule has 2 N–H and O–H groups in total. The lowest BCUT2D eigenvalue weighted by atomic mass is 9.86. The number of carbonyl (C=O) groups excluding carboxylic acids is 1. The molecule has 5 nitrogen and oxygen atoms in total. The lowest BCUT2D eigenvalue weighted by molar-refractivity contribution is -0.124. The van der Waals surface area contributed by atoms with Crippen molar-refractivity contribution in [2.75, 3.05) is 20.8 Å². The molecule has 0 saturated carbocycles. The van der Waals surface area contributed by atoms with Gasteiger partial charge in [0.05, 0.1) is 14.2 Å². The summed E-state index contributed by atoms with van der Waals surface area (Å²) in [5, 5.41) is 0. The van der Waals surface area contributed by atoms with Crippen LogP contribution in [0, 0.1) is 5.82 Å². The van der Waals surface area contributed by atoms with E-state index in [1.165, 1.54) is 6.07 Å². The summed E-state index contributed by atoms with van der Waals surface area (Å²) in [4.78, 5) is 14.9. The Morgan fingerprint density at radius 3 is 2.45 bits per heavy atom. The molecule has 3 aromatic carbocycles. The van der Waals surface area contributed by atoms with Gasteiger partial charge in [-0.05, 0) is 65.8 Å². The summed E-state index contributed by atoms with van der Waals surface area (Å²) in [5.41, 5.74) is 9.95. The van der Waals surface area contributed by atoms with E-state index in [2.05, 4.69) is 4.90 Å². The number of nitrogens with two attached hydrogens (primary N) is 1. The SMILES string of the molecule is COc1cc2c(cc1OC)C(CCc1cccc(F)c1)N([C@@H](C(N)=O)c1ccccc1)CC2. The average molecular weight is 449 g/mol. The van der Waals surface area contributed by atoms with Gasteiger partial charge >= 0.3 is 0 Å². The molecule has 4 rings (SSSR count). The molecule has 3 aromatic rings. The van der Waals surface area contributed by atoms with Crippen molar-refractivity contribution in [3.63, 3.8) is 0 Å². The molecule has 0 bridgehead atoms. The van der Waals surface area contributed by atoms with Gasteiger partial charge in [-0.3, -0.25) is 9.69 Å². The van der Waals surface area contributed by atoms with Gasteiger partial charge in [0.2, 0.25) is 5.91 Å². The largest absolute Gasteiger partial charge is 0.493 e. The summed E-state index contributed by atoms with van der Waals surface area (Å²) < 4.78 is 24.9. The summed E-state index contributed by atoms with van der Waals surface area (Å²) in [5.74, 6) is 0.687. The molecule has 0 radical (unpaired) electrons. The van der Waals surface area contributed by atoms with E-state index in [1.54, 1.807) is 26.4 Å². The second-order valence-electron chi connectivity index (χ2n) is 8.29. The molecule has 0 saturated heterocycles. The number of primary amides is 1. The van der Waals surface area contributed by atoms with Crippen molar-refractivity contribution in [1.29, 1.82) is 0 Å². The minimum atomic E-state index is -0.565. The normalized spacial score (nSPS) is 16.6. The Morgan fingerprint density at radius 1 is 1.06 bits per heavy atom. The molecule has 1 aliphatic rings. The highest BCUT2D eigenvalue weighted by molar-refractivity contribution is 5.81. The van der Waals surface area contributed by atoms with Crippen LogP contribution in [0.25, 0.3) is 0 Å². The van der Waals surface area contributed by atoms with Crippen LogP contribution in [-0.4, -0.2) is 31.6 Å². The molecule has 0 spiro atoms. The van der Waals surface area contributed by atoms with Crippen LogP contribution in [0.15, 0.2) is 66.7 Å². The highest BCUT2D eigenvalue weighted by atomic mass is 19.1. The monoisotopic (exact) mass is 448 g/mol. The number of methoxy groups -OCH3 is 2. The molecule has 6 heteroatoms. The molecule has 1 heterocycles. The maximum absolute atomic E-state index is 13.8. The fourth-order valence-electron chi connectivity index (χ4n) is 4.83. The molecule has 2 atom stereocenters. The number of ether oxygens (including phenoxy) is 2. The number of carbonyl (C=O) groups is 1. The van der Waals surface area contributed by atoms with Gasteiger partial charge in [-0.15, -0.1) is 0 Å². The average Bonchev–Trinajstić information content (AvgIpc) is 2.83. The first-order valence-corrected chi connectivity index (χ1v) is 11.1. The fourth-order valence-corrected chi connectivity index (χ4v) is 4.83. The van der Waals surface area contributed by atoms with Crippen molar-refractivity contribution >= 4 is 5.91 Å². The number of hydrogen-bond acceptors (Lipinski definition) is 4. The van der Waals surface area contributed by atoms with E-state index < -0.39 is 6.04 Å². The van der Waals surface area contributed by atoms with Crippen molar-refractivity contribution in [1.82, 2.24) is 4.90 Å². The standard InChI is InChI=1S/C27H29FN2O3/c1-32-24-16-20-13-14-30(26(27(29)31)19-8-4-3-5-9-19)23(22(20)17-25(24)33-2)12-11-18-7-6-10-21(28)15-18/h3-10,15-17,23,26H,11-14H2,1-2H3,(H2,29,31)/t23?,26-/m1/s1.